The largest absolute Gasteiger partial charge is 0.487 e. The van der Waals surface area contributed by atoms with E-state index in [4.69, 9.17) is 4.74 Å². The predicted octanol–water partition coefficient (Wildman–Crippen LogP) is 2.97. The molecule has 0 saturated heterocycles. The number of fused-ring (bicyclic) bond motifs is 1. The van der Waals surface area contributed by atoms with E-state index in [1.165, 1.54) is 6.33 Å². The number of hydrogen-bond acceptors (Lipinski definition) is 5. The Labute approximate surface area is 147 Å². The number of para-hydroxylation sites is 1. The summed E-state index contributed by atoms with van der Waals surface area (Å²) < 4.78 is 5.99. The first kappa shape index (κ1) is 17.0. The standard InChI is InChI=1S/C18H23N5O2/c1-18(2)10-13(12-7-5-6-8-14(12)25-18)21-17(24)22-15-9-16(23(3)4)20-11-19-15/h5-9,11,13H,10H2,1-4H3,(H2,19,20,21,22,24). The molecule has 1 unspecified atom stereocenters. The molecule has 2 N–H and O–H groups in total. The minimum absolute atomic E-state index is 0.130. The summed E-state index contributed by atoms with van der Waals surface area (Å²) in [5.41, 5.74) is 0.632. The van der Waals surface area contributed by atoms with Crippen LogP contribution in [-0.4, -0.2) is 35.7 Å². The van der Waals surface area contributed by atoms with Crippen LogP contribution < -0.4 is 20.3 Å². The number of benzene rings is 1. The summed E-state index contributed by atoms with van der Waals surface area (Å²) in [6.45, 7) is 4.03. The van der Waals surface area contributed by atoms with Gasteiger partial charge in [-0.15, -0.1) is 0 Å². The maximum absolute atomic E-state index is 12.4. The van der Waals surface area contributed by atoms with Gasteiger partial charge in [-0.25, -0.2) is 14.8 Å². The lowest BCUT2D eigenvalue weighted by molar-refractivity contribution is 0.0683. The first-order chi connectivity index (χ1) is 11.8. The fourth-order valence-electron chi connectivity index (χ4n) is 2.90. The van der Waals surface area contributed by atoms with E-state index in [0.717, 1.165) is 17.1 Å². The summed E-state index contributed by atoms with van der Waals surface area (Å²) in [6, 6.07) is 9.07. The second kappa shape index (κ2) is 6.58. The molecule has 0 bridgehead atoms. The molecule has 1 aliphatic rings. The highest BCUT2D eigenvalue weighted by atomic mass is 16.5. The zero-order valence-electron chi connectivity index (χ0n) is 14.9. The maximum atomic E-state index is 12.4. The average Bonchev–Trinajstić information content (AvgIpc) is 2.54. The fraction of sp³-hybridized carbons (Fsp3) is 0.389. The third kappa shape index (κ3) is 3.99. The lowest BCUT2D eigenvalue weighted by Gasteiger charge is -2.37. The minimum atomic E-state index is -0.348. The first-order valence-corrected chi connectivity index (χ1v) is 8.19. The number of hydrogen-bond donors (Lipinski definition) is 2. The molecule has 1 aromatic carbocycles. The maximum Gasteiger partial charge on any atom is 0.320 e. The topological polar surface area (TPSA) is 79.4 Å². The van der Waals surface area contributed by atoms with Crippen LogP contribution in [0.5, 0.6) is 5.75 Å². The van der Waals surface area contributed by atoms with Gasteiger partial charge in [0.05, 0.1) is 6.04 Å². The molecule has 3 rings (SSSR count). The molecule has 0 radical (unpaired) electrons. The minimum Gasteiger partial charge on any atom is -0.487 e. The lowest BCUT2D eigenvalue weighted by Crippen LogP contribution is -2.42. The van der Waals surface area contributed by atoms with Crippen LogP contribution in [0.3, 0.4) is 0 Å². The third-order valence-electron chi connectivity index (χ3n) is 4.03. The van der Waals surface area contributed by atoms with Crippen molar-refractivity contribution in [3.8, 4) is 5.75 Å². The average molecular weight is 341 g/mol. The van der Waals surface area contributed by atoms with E-state index in [0.29, 0.717) is 12.2 Å². The number of nitrogens with one attached hydrogen (secondary N) is 2. The van der Waals surface area contributed by atoms with Gasteiger partial charge in [-0.2, -0.15) is 0 Å². The van der Waals surface area contributed by atoms with E-state index in [1.54, 1.807) is 6.07 Å². The summed E-state index contributed by atoms with van der Waals surface area (Å²) >= 11 is 0. The number of anilines is 2. The van der Waals surface area contributed by atoms with Crippen LogP contribution in [0.4, 0.5) is 16.4 Å². The van der Waals surface area contributed by atoms with Crippen LogP contribution in [0.25, 0.3) is 0 Å². The molecular formula is C18H23N5O2. The molecule has 7 heteroatoms. The zero-order valence-corrected chi connectivity index (χ0v) is 14.9. The Kier molecular flexibility index (Phi) is 4.48. The van der Waals surface area contributed by atoms with E-state index < -0.39 is 0 Å². The Morgan fingerprint density at radius 1 is 1.28 bits per heavy atom. The van der Waals surface area contributed by atoms with E-state index in [2.05, 4.69) is 20.6 Å². The third-order valence-corrected chi connectivity index (χ3v) is 4.03. The zero-order chi connectivity index (χ0) is 18.0. The Morgan fingerprint density at radius 2 is 2.04 bits per heavy atom. The van der Waals surface area contributed by atoms with E-state index in [1.807, 2.05) is 57.1 Å². The van der Waals surface area contributed by atoms with Crippen molar-refractivity contribution in [2.24, 2.45) is 0 Å². The van der Waals surface area contributed by atoms with Crippen molar-refractivity contribution in [2.45, 2.75) is 31.9 Å². The van der Waals surface area contributed by atoms with Gasteiger partial charge >= 0.3 is 6.03 Å². The van der Waals surface area contributed by atoms with Gasteiger partial charge in [-0.05, 0) is 19.9 Å². The Hall–Kier alpha value is -2.83. The normalized spacial score (nSPS) is 17.8. The molecule has 132 valence electrons. The van der Waals surface area contributed by atoms with Gasteiger partial charge in [0.25, 0.3) is 0 Å². The molecule has 1 atom stereocenters. The monoisotopic (exact) mass is 341 g/mol. The van der Waals surface area contributed by atoms with Crippen molar-refractivity contribution in [3.63, 3.8) is 0 Å². The van der Waals surface area contributed by atoms with Crippen LogP contribution in [0.1, 0.15) is 31.9 Å². The number of carbonyl (C=O) groups is 1. The quantitative estimate of drug-likeness (QED) is 0.897. The molecule has 7 nitrogen and oxygen atoms in total. The molecule has 2 amide bonds. The molecule has 0 aliphatic carbocycles. The van der Waals surface area contributed by atoms with Crippen molar-refractivity contribution in [2.75, 3.05) is 24.3 Å². The number of aromatic nitrogens is 2. The van der Waals surface area contributed by atoms with Gasteiger partial charge in [0.15, 0.2) is 0 Å². The van der Waals surface area contributed by atoms with E-state index in [9.17, 15) is 4.79 Å². The first-order valence-electron chi connectivity index (χ1n) is 8.19. The number of nitrogens with zero attached hydrogens (tertiary/aromatic N) is 3. The smallest absolute Gasteiger partial charge is 0.320 e. The van der Waals surface area contributed by atoms with Crippen LogP contribution in [0, 0.1) is 0 Å². The molecular weight excluding hydrogens is 318 g/mol. The summed E-state index contributed by atoms with van der Waals surface area (Å²) in [5, 5.41) is 5.80. The van der Waals surface area contributed by atoms with Crippen molar-refractivity contribution in [1.29, 1.82) is 0 Å². The molecule has 0 saturated carbocycles. The molecule has 0 fully saturated rings. The second-order valence-electron chi connectivity index (χ2n) is 6.91. The van der Waals surface area contributed by atoms with Crippen LogP contribution in [-0.2, 0) is 0 Å². The highest BCUT2D eigenvalue weighted by Gasteiger charge is 2.34. The van der Waals surface area contributed by atoms with Gasteiger partial charge < -0.3 is 15.0 Å². The van der Waals surface area contributed by atoms with Gasteiger partial charge in [-0.1, -0.05) is 18.2 Å². The number of urea groups is 1. The molecule has 0 spiro atoms. The highest BCUT2D eigenvalue weighted by molar-refractivity contribution is 5.88. The van der Waals surface area contributed by atoms with Crippen molar-refractivity contribution in [1.82, 2.24) is 15.3 Å². The lowest BCUT2D eigenvalue weighted by atomic mass is 9.90. The van der Waals surface area contributed by atoms with Gasteiger partial charge in [-0.3, -0.25) is 5.32 Å². The Morgan fingerprint density at radius 3 is 2.80 bits per heavy atom. The Bertz CT molecular complexity index is 776. The summed E-state index contributed by atoms with van der Waals surface area (Å²) in [6.07, 6.45) is 2.11. The second-order valence-corrected chi connectivity index (χ2v) is 6.91. The van der Waals surface area contributed by atoms with E-state index >= 15 is 0 Å². The molecule has 25 heavy (non-hydrogen) atoms. The molecule has 2 heterocycles. The number of rotatable bonds is 3. The molecule has 2 aromatic rings. The van der Waals surface area contributed by atoms with Crippen LogP contribution in [0.15, 0.2) is 36.7 Å². The molecule has 1 aromatic heterocycles. The molecule has 1 aliphatic heterocycles. The fourth-order valence-corrected chi connectivity index (χ4v) is 2.90. The SMILES string of the molecule is CN(C)c1cc(NC(=O)NC2CC(C)(C)Oc3ccccc32)ncn1. The Balaban J connectivity index is 1.74. The predicted molar refractivity (Wildman–Crippen MR) is 97.0 cm³/mol. The van der Waals surface area contributed by atoms with E-state index in [-0.39, 0.29) is 17.7 Å². The van der Waals surface area contributed by atoms with Gasteiger partial charge in [0, 0.05) is 32.1 Å². The number of amides is 2. The summed E-state index contributed by atoms with van der Waals surface area (Å²) in [5.74, 6) is 1.99. The van der Waals surface area contributed by atoms with Crippen LogP contribution >= 0.6 is 0 Å². The number of carbonyl (C=O) groups excluding carboxylic acids is 1. The number of ether oxygens (including phenoxy) is 1. The summed E-state index contributed by atoms with van der Waals surface area (Å²) in [7, 11) is 3.76. The summed E-state index contributed by atoms with van der Waals surface area (Å²) in [4.78, 5) is 22.5. The van der Waals surface area contributed by atoms with Crippen LogP contribution in [0.2, 0.25) is 0 Å². The van der Waals surface area contributed by atoms with Crippen molar-refractivity contribution >= 4 is 17.7 Å². The van der Waals surface area contributed by atoms with Gasteiger partial charge in [0.1, 0.15) is 29.3 Å². The van der Waals surface area contributed by atoms with Crippen molar-refractivity contribution < 1.29 is 9.53 Å². The van der Waals surface area contributed by atoms with Gasteiger partial charge in [0.2, 0.25) is 0 Å². The highest BCUT2D eigenvalue weighted by Crippen LogP contribution is 2.39. The van der Waals surface area contributed by atoms with Crippen molar-refractivity contribution in [3.05, 3.63) is 42.2 Å².